The van der Waals surface area contributed by atoms with Crippen molar-refractivity contribution in [3.8, 4) is 0 Å². The van der Waals surface area contributed by atoms with Gasteiger partial charge in [0.1, 0.15) is 12.4 Å². The van der Waals surface area contributed by atoms with Gasteiger partial charge >= 0.3 is 5.97 Å². The fraction of sp³-hybridized carbons (Fsp3) is 0.111. The Hall–Kier alpha value is -2.27. The van der Waals surface area contributed by atoms with Crippen LogP contribution in [0.2, 0.25) is 5.02 Å². The van der Waals surface area contributed by atoms with Crippen molar-refractivity contribution < 1.29 is 19.2 Å². The number of carboxylic acid groups (broad SMARTS) is 1. The molecule has 0 radical (unpaired) electrons. The number of carboxylic acids is 1. The highest BCUT2D eigenvalue weighted by Gasteiger charge is 2.21. The number of rotatable bonds is 5. The molecule has 1 N–H and O–H groups in total. The number of tetrazole rings is 1. The van der Waals surface area contributed by atoms with Gasteiger partial charge < -0.3 is 5.11 Å². The predicted octanol–water partition coefficient (Wildman–Crippen LogP) is 1.61. The SMILES string of the molecule is O=C(O)Cn1nnnc1Sc1cc(Cl)c(F)cc1[N+](=O)[O-]. The van der Waals surface area contributed by atoms with Crippen LogP contribution in [0.4, 0.5) is 10.1 Å². The molecule has 0 spiro atoms. The Morgan fingerprint density at radius 3 is 2.90 bits per heavy atom. The van der Waals surface area contributed by atoms with E-state index in [1.54, 1.807) is 0 Å². The minimum Gasteiger partial charge on any atom is -0.480 e. The van der Waals surface area contributed by atoms with Crippen molar-refractivity contribution in [1.82, 2.24) is 20.2 Å². The van der Waals surface area contributed by atoms with Crippen LogP contribution in [-0.2, 0) is 11.3 Å². The Balaban J connectivity index is 2.40. The van der Waals surface area contributed by atoms with Gasteiger partial charge in [-0.1, -0.05) is 11.6 Å². The normalized spacial score (nSPS) is 10.6. The second kappa shape index (κ2) is 6.01. The number of aromatic nitrogens is 4. The largest absolute Gasteiger partial charge is 0.480 e. The molecule has 0 aliphatic carbocycles. The van der Waals surface area contributed by atoms with Gasteiger partial charge in [-0.05, 0) is 28.3 Å². The maximum atomic E-state index is 13.3. The van der Waals surface area contributed by atoms with Crippen molar-refractivity contribution in [1.29, 1.82) is 0 Å². The molecule has 2 rings (SSSR count). The summed E-state index contributed by atoms with van der Waals surface area (Å²) in [7, 11) is 0. The van der Waals surface area contributed by atoms with Gasteiger partial charge in [-0.2, -0.15) is 0 Å². The van der Waals surface area contributed by atoms with E-state index in [1.807, 2.05) is 0 Å². The Labute approximate surface area is 124 Å². The topological polar surface area (TPSA) is 124 Å². The molecule has 0 unspecified atom stereocenters. The van der Waals surface area contributed by atoms with Crippen molar-refractivity contribution >= 4 is 35.0 Å². The molecule has 12 heteroatoms. The predicted molar refractivity (Wildman–Crippen MR) is 67.6 cm³/mol. The number of hydrogen-bond donors (Lipinski definition) is 1. The molecule has 1 aromatic heterocycles. The average molecular weight is 334 g/mol. The highest BCUT2D eigenvalue weighted by Crippen LogP contribution is 2.36. The van der Waals surface area contributed by atoms with E-state index in [4.69, 9.17) is 16.7 Å². The number of halogens is 2. The Morgan fingerprint density at radius 1 is 1.57 bits per heavy atom. The number of benzene rings is 1. The van der Waals surface area contributed by atoms with Gasteiger partial charge in [0, 0.05) is 0 Å². The summed E-state index contributed by atoms with van der Waals surface area (Å²) in [6, 6.07) is 1.73. The van der Waals surface area contributed by atoms with Crippen molar-refractivity contribution in [2.75, 3.05) is 0 Å². The summed E-state index contributed by atoms with van der Waals surface area (Å²) < 4.78 is 14.2. The molecule has 0 saturated carbocycles. The number of nitrogens with zero attached hydrogens (tertiary/aromatic N) is 5. The third-order valence-electron chi connectivity index (χ3n) is 2.18. The quantitative estimate of drug-likeness (QED) is 0.646. The minimum absolute atomic E-state index is 0.00294. The zero-order valence-electron chi connectivity index (χ0n) is 9.93. The first-order valence-corrected chi connectivity index (χ1v) is 6.37. The summed E-state index contributed by atoms with van der Waals surface area (Å²) in [5, 5.41) is 29.6. The van der Waals surface area contributed by atoms with Crippen molar-refractivity contribution in [2.24, 2.45) is 0 Å². The molecule has 0 fully saturated rings. The lowest BCUT2D eigenvalue weighted by Crippen LogP contribution is -2.11. The zero-order valence-corrected chi connectivity index (χ0v) is 11.5. The smallest absolute Gasteiger partial charge is 0.325 e. The maximum absolute atomic E-state index is 13.3. The number of nitro benzene ring substituents is 1. The van der Waals surface area contributed by atoms with Crippen LogP contribution in [0.15, 0.2) is 22.2 Å². The first-order chi connectivity index (χ1) is 9.88. The van der Waals surface area contributed by atoms with Gasteiger partial charge in [-0.15, -0.1) is 5.10 Å². The molecule has 0 saturated heterocycles. The van der Waals surface area contributed by atoms with Gasteiger partial charge in [0.15, 0.2) is 0 Å². The molecule has 9 nitrogen and oxygen atoms in total. The van der Waals surface area contributed by atoms with Gasteiger partial charge in [-0.25, -0.2) is 9.07 Å². The summed E-state index contributed by atoms with van der Waals surface area (Å²) in [6.07, 6.45) is 0. The highest BCUT2D eigenvalue weighted by molar-refractivity contribution is 7.99. The van der Waals surface area contributed by atoms with Crippen molar-refractivity contribution in [2.45, 2.75) is 16.6 Å². The van der Waals surface area contributed by atoms with E-state index in [0.29, 0.717) is 17.8 Å². The third kappa shape index (κ3) is 3.44. The second-order valence-electron chi connectivity index (χ2n) is 3.61. The lowest BCUT2D eigenvalue weighted by molar-refractivity contribution is -0.387. The van der Waals surface area contributed by atoms with Crippen molar-refractivity contribution in [3.05, 3.63) is 33.1 Å². The average Bonchev–Trinajstić information content (AvgIpc) is 2.79. The van der Waals surface area contributed by atoms with E-state index in [9.17, 15) is 19.3 Å². The summed E-state index contributed by atoms with van der Waals surface area (Å²) >= 11 is 6.30. The minimum atomic E-state index is -1.18. The van der Waals surface area contributed by atoms with E-state index < -0.39 is 28.9 Å². The maximum Gasteiger partial charge on any atom is 0.325 e. The summed E-state index contributed by atoms with van der Waals surface area (Å²) in [5.74, 6) is -2.12. The van der Waals surface area contributed by atoms with Crippen LogP contribution in [0.3, 0.4) is 0 Å². The third-order valence-corrected chi connectivity index (χ3v) is 3.50. The molecule has 0 amide bonds. The molecule has 1 aromatic carbocycles. The van der Waals surface area contributed by atoms with Crippen LogP contribution in [0.1, 0.15) is 0 Å². The number of carbonyl (C=O) groups is 1. The van der Waals surface area contributed by atoms with Gasteiger partial charge in [0.2, 0.25) is 5.16 Å². The monoisotopic (exact) mass is 333 g/mol. The lowest BCUT2D eigenvalue weighted by Gasteiger charge is -2.04. The first kappa shape index (κ1) is 15.1. The number of nitro groups is 1. The van der Waals surface area contributed by atoms with Crippen LogP contribution in [0.25, 0.3) is 0 Å². The molecule has 110 valence electrons. The molecule has 2 aromatic rings. The number of aliphatic carboxylic acids is 1. The van der Waals surface area contributed by atoms with Crippen LogP contribution < -0.4 is 0 Å². The fourth-order valence-corrected chi connectivity index (χ4v) is 2.46. The molecule has 0 aliphatic heterocycles. The van der Waals surface area contributed by atoms with E-state index in [0.717, 1.165) is 10.7 Å². The molecule has 0 bridgehead atoms. The van der Waals surface area contributed by atoms with Crippen molar-refractivity contribution in [3.63, 3.8) is 0 Å². The molecule has 1 heterocycles. The summed E-state index contributed by atoms with van der Waals surface area (Å²) in [6.45, 7) is -0.516. The van der Waals surface area contributed by atoms with Crippen LogP contribution >= 0.6 is 23.4 Å². The Kier molecular flexibility index (Phi) is 4.33. The first-order valence-electron chi connectivity index (χ1n) is 5.17. The van der Waals surface area contributed by atoms with E-state index in [1.165, 1.54) is 0 Å². The Morgan fingerprint density at radius 2 is 2.29 bits per heavy atom. The highest BCUT2D eigenvalue weighted by atomic mass is 35.5. The van der Waals surface area contributed by atoms with E-state index >= 15 is 0 Å². The van der Waals surface area contributed by atoms with E-state index in [-0.39, 0.29) is 15.1 Å². The van der Waals surface area contributed by atoms with Gasteiger partial charge in [-0.3, -0.25) is 14.9 Å². The van der Waals surface area contributed by atoms with Crippen LogP contribution in [0, 0.1) is 15.9 Å². The standard InChI is InChI=1S/C9H5ClFN5O4S/c10-4-1-7(6(16(19)20)2-5(4)11)21-9-12-13-14-15(9)3-8(17)18/h1-2H,3H2,(H,17,18). The molecular weight excluding hydrogens is 329 g/mol. The van der Waals surface area contributed by atoms with Gasteiger partial charge in [0.05, 0.1) is 20.9 Å². The lowest BCUT2D eigenvalue weighted by atomic mass is 10.3. The fourth-order valence-electron chi connectivity index (χ4n) is 1.34. The van der Waals surface area contributed by atoms with Crippen LogP contribution in [-0.4, -0.2) is 36.2 Å². The van der Waals surface area contributed by atoms with E-state index in [2.05, 4.69) is 15.5 Å². The molecule has 21 heavy (non-hydrogen) atoms. The molecule has 0 atom stereocenters. The second-order valence-corrected chi connectivity index (χ2v) is 5.02. The summed E-state index contributed by atoms with van der Waals surface area (Å²) in [5.41, 5.74) is -0.522. The molecular formula is C9H5ClFN5O4S. The Bertz CT molecular complexity index is 724. The zero-order chi connectivity index (χ0) is 15.6. The number of hydrogen-bond acceptors (Lipinski definition) is 7. The summed E-state index contributed by atoms with van der Waals surface area (Å²) in [4.78, 5) is 20.8. The van der Waals surface area contributed by atoms with Crippen LogP contribution in [0.5, 0.6) is 0 Å². The molecule has 0 aliphatic rings. The van der Waals surface area contributed by atoms with Gasteiger partial charge in [0.25, 0.3) is 5.69 Å².